The van der Waals surface area contributed by atoms with Crippen LogP contribution in [0.15, 0.2) is 24.4 Å². The molecule has 0 spiro atoms. The van der Waals surface area contributed by atoms with Crippen LogP contribution in [-0.2, 0) is 6.18 Å². The summed E-state index contributed by atoms with van der Waals surface area (Å²) in [6.07, 6.45) is -3.73. The van der Waals surface area contributed by atoms with Crippen LogP contribution in [0.25, 0.3) is 10.9 Å². The van der Waals surface area contributed by atoms with Crippen molar-refractivity contribution >= 4 is 16.6 Å². The Kier molecular flexibility index (Phi) is 3.01. The quantitative estimate of drug-likeness (QED) is 0.622. The molecule has 0 aliphatic carbocycles. The summed E-state index contributed by atoms with van der Waals surface area (Å²) in [7, 11) is 1.22. The largest absolute Gasteiger partial charge is 0.496 e. The van der Waals surface area contributed by atoms with Crippen LogP contribution < -0.4 is 4.74 Å². The van der Waals surface area contributed by atoms with Crippen LogP contribution in [0, 0.1) is 10.1 Å². The van der Waals surface area contributed by atoms with Gasteiger partial charge in [-0.15, -0.1) is 0 Å². The second kappa shape index (κ2) is 4.38. The predicted octanol–water partition coefficient (Wildman–Crippen LogP) is 3.17. The van der Waals surface area contributed by atoms with Crippen molar-refractivity contribution in [2.45, 2.75) is 6.18 Å². The number of fused-ring (bicyclic) bond motifs is 1. The Morgan fingerprint density at radius 2 is 2.05 bits per heavy atom. The van der Waals surface area contributed by atoms with E-state index >= 15 is 0 Å². The van der Waals surface area contributed by atoms with Gasteiger partial charge in [-0.2, -0.15) is 13.2 Å². The summed E-state index contributed by atoms with van der Waals surface area (Å²) in [5.41, 5.74) is -1.83. The van der Waals surface area contributed by atoms with Gasteiger partial charge in [0.1, 0.15) is 11.3 Å². The molecule has 1 aromatic heterocycles. The van der Waals surface area contributed by atoms with E-state index in [1.165, 1.54) is 7.11 Å². The number of hydrogen-bond acceptors (Lipinski definition) is 4. The lowest BCUT2D eigenvalue weighted by Gasteiger charge is -2.10. The number of methoxy groups -OCH3 is 1. The van der Waals surface area contributed by atoms with Crippen molar-refractivity contribution < 1.29 is 22.8 Å². The van der Waals surface area contributed by atoms with Crippen LogP contribution in [-0.4, -0.2) is 17.0 Å². The standard InChI is InChI=1S/C11H7F3N2O3/c1-19-6-4-7-8(11(12,13)14)2-3-15-10(7)9(5-6)16(17)18/h2-5H,1H3. The van der Waals surface area contributed by atoms with Gasteiger partial charge in [-0.3, -0.25) is 10.1 Å². The van der Waals surface area contributed by atoms with Crippen molar-refractivity contribution in [1.29, 1.82) is 0 Å². The Labute approximate surface area is 104 Å². The van der Waals surface area contributed by atoms with Crippen LogP contribution >= 0.6 is 0 Å². The second-order valence-corrected chi connectivity index (χ2v) is 3.66. The Balaban J connectivity index is 2.89. The first-order valence-corrected chi connectivity index (χ1v) is 5.03. The fourth-order valence-electron chi connectivity index (χ4n) is 1.71. The molecule has 0 atom stereocenters. The van der Waals surface area contributed by atoms with Crippen molar-refractivity contribution in [3.63, 3.8) is 0 Å². The number of halogens is 3. The molecule has 1 heterocycles. The van der Waals surface area contributed by atoms with Gasteiger partial charge in [-0.05, 0) is 12.1 Å². The molecule has 0 amide bonds. The van der Waals surface area contributed by atoms with Crippen LogP contribution in [0.5, 0.6) is 5.75 Å². The van der Waals surface area contributed by atoms with E-state index < -0.39 is 22.4 Å². The van der Waals surface area contributed by atoms with E-state index in [1.807, 2.05) is 0 Å². The number of nitro benzene ring substituents is 1. The first-order valence-electron chi connectivity index (χ1n) is 5.03. The summed E-state index contributed by atoms with van der Waals surface area (Å²) in [5, 5.41) is 10.5. The number of non-ortho nitro benzene ring substituents is 1. The molecule has 8 heteroatoms. The highest BCUT2D eigenvalue weighted by molar-refractivity contribution is 5.91. The molecule has 5 nitrogen and oxygen atoms in total. The molecule has 0 saturated carbocycles. The fourth-order valence-corrected chi connectivity index (χ4v) is 1.71. The van der Waals surface area contributed by atoms with E-state index in [1.54, 1.807) is 0 Å². The topological polar surface area (TPSA) is 65.3 Å². The maximum absolute atomic E-state index is 12.8. The fraction of sp³-hybridized carbons (Fsp3) is 0.182. The molecule has 100 valence electrons. The van der Waals surface area contributed by atoms with Gasteiger partial charge >= 0.3 is 6.18 Å². The SMILES string of the molecule is COc1cc([N+](=O)[O-])c2nccc(C(F)(F)F)c2c1. The predicted molar refractivity (Wildman–Crippen MR) is 60.0 cm³/mol. The minimum atomic E-state index is -4.62. The summed E-state index contributed by atoms with van der Waals surface area (Å²) in [6, 6.07) is 2.89. The van der Waals surface area contributed by atoms with Gasteiger partial charge in [0.2, 0.25) is 0 Å². The molecule has 19 heavy (non-hydrogen) atoms. The molecule has 0 aliphatic rings. The average molecular weight is 272 g/mol. The Morgan fingerprint density at radius 1 is 1.37 bits per heavy atom. The van der Waals surface area contributed by atoms with Gasteiger partial charge in [0.15, 0.2) is 0 Å². The van der Waals surface area contributed by atoms with E-state index in [9.17, 15) is 23.3 Å². The third-order valence-corrected chi connectivity index (χ3v) is 2.54. The molecule has 1 aromatic carbocycles. The van der Waals surface area contributed by atoms with E-state index in [0.29, 0.717) is 0 Å². The molecule has 0 N–H and O–H groups in total. The maximum Gasteiger partial charge on any atom is 0.417 e. The molecule has 0 unspecified atom stereocenters. The zero-order valence-corrected chi connectivity index (χ0v) is 9.56. The van der Waals surface area contributed by atoms with Crippen molar-refractivity contribution in [1.82, 2.24) is 4.98 Å². The first kappa shape index (κ1) is 13.1. The van der Waals surface area contributed by atoms with E-state index in [-0.39, 0.29) is 16.7 Å². The van der Waals surface area contributed by atoms with Gasteiger partial charge in [0.25, 0.3) is 5.69 Å². The average Bonchev–Trinajstić information content (AvgIpc) is 2.35. The summed E-state index contributed by atoms with van der Waals surface area (Å²) in [5.74, 6) is -0.0299. The lowest BCUT2D eigenvalue weighted by Crippen LogP contribution is -2.07. The minimum absolute atomic E-state index is 0.0299. The number of nitro groups is 1. The van der Waals surface area contributed by atoms with Crippen LogP contribution in [0.2, 0.25) is 0 Å². The summed E-state index contributed by atoms with van der Waals surface area (Å²) >= 11 is 0. The maximum atomic E-state index is 12.8. The third kappa shape index (κ3) is 2.28. The van der Waals surface area contributed by atoms with E-state index in [0.717, 1.165) is 24.4 Å². The molecule has 0 aliphatic heterocycles. The molecule has 0 radical (unpaired) electrons. The Hall–Kier alpha value is -2.38. The highest BCUT2D eigenvalue weighted by atomic mass is 19.4. The van der Waals surface area contributed by atoms with Crippen molar-refractivity contribution in [2.75, 3.05) is 7.11 Å². The number of benzene rings is 1. The zero-order chi connectivity index (χ0) is 14.2. The van der Waals surface area contributed by atoms with Crippen LogP contribution in [0.1, 0.15) is 5.56 Å². The number of ether oxygens (including phenoxy) is 1. The molecular weight excluding hydrogens is 265 g/mol. The summed E-state index contributed by atoms with van der Waals surface area (Å²) in [4.78, 5) is 13.7. The third-order valence-electron chi connectivity index (χ3n) is 2.54. The second-order valence-electron chi connectivity index (χ2n) is 3.66. The lowest BCUT2D eigenvalue weighted by atomic mass is 10.1. The number of alkyl halides is 3. The summed E-state index contributed by atoms with van der Waals surface area (Å²) in [6.45, 7) is 0. The Bertz CT molecular complexity index is 655. The molecule has 0 saturated heterocycles. The molecule has 2 aromatic rings. The van der Waals surface area contributed by atoms with Gasteiger partial charge in [-0.25, -0.2) is 4.98 Å². The minimum Gasteiger partial charge on any atom is -0.496 e. The number of nitrogens with zero attached hydrogens (tertiary/aromatic N) is 2. The van der Waals surface area contributed by atoms with E-state index in [2.05, 4.69) is 4.98 Å². The molecule has 2 rings (SSSR count). The van der Waals surface area contributed by atoms with Gasteiger partial charge in [0, 0.05) is 11.6 Å². The van der Waals surface area contributed by atoms with Gasteiger partial charge < -0.3 is 4.74 Å². The first-order chi connectivity index (χ1) is 8.84. The number of rotatable bonds is 2. The monoisotopic (exact) mass is 272 g/mol. The van der Waals surface area contributed by atoms with Crippen molar-refractivity contribution in [3.05, 3.63) is 40.1 Å². The number of pyridine rings is 1. The molecule has 0 fully saturated rings. The molecular formula is C11H7F3N2O3. The van der Waals surface area contributed by atoms with Gasteiger partial charge in [-0.1, -0.05) is 0 Å². The number of aromatic nitrogens is 1. The van der Waals surface area contributed by atoms with Crippen LogP contribution in [0.4, 0.5) is 18.9 Å². The van der Waals surface area contributed by atoms with E-state index in [4.69, 9.17) is 4.74 Å². The normalized spacial score (nSPS) is 11.6. The zero-order valence-electron chi connectivity index (χ0n) is 9.56. The highest BCUT2D eigenvalue weighted by Gasteiger charge is 2.34. The lowest BCUT2D eigenvalue weighted by molar-refractivity contribution is -0.383. The smallest absolute Gasteiger partial charge is 0.417 e. The Morgan fingerprint density at radius 3 is 2.58 bits per heavy atom. The summed E-state index contributed by atoms with van der Waals surface area (Å²) < 4.78 is 43.3. The number of hydrogen-bond donors (Lipinski definition) is 0. The van der Waals surface area contributed by atoms with Crippen molar-refractivity contribution in [3.8, 4) is 5.75 Å². The molecule has 0 bridgehead atoms. The highest BCUT2D eigenvalue weighted by Crippen LogP contribution is 2.38. The van der Waals surface area contributed by atoms with Crippen LogP contribution in [0.3, 0.4) is 0 Å². The van der Waals surface area contributed by atoms with Crippen molar-refractivity contribution in [2.24, 2.45) is 0 Å². The van der Waals surface area contributed by atoms with Gasteiger partial charge in [0.05, 0.1) is 23.7 Å².